The second-order valence-electron chi connectivity index (χ2n) is 9.66. The number of hydrogen-bond acceptors (Lipinski definition) is 7. The van der Waals surface area contributed by atoms with Crippen molar-refractivity contribution >= 4 is 34.8 Å². The van der Waals surface area contributed by atoms with E-state index in [1.807, 2.05) is 18.2 Å². The Balaban J connectivity index is 1.38. The second kappa shape index (κ2) is 13.1. The normalized spacial score (nSPS) is 23.6. The lowest BCUT2D eigenvalue weighted by molar-refractivity contribution is 0.0247. The van der Waals surface area contributed by atoms with Gasteiger partial charge in [-0.25, -0.2) is 9.97 Å². The fourth-order valence-corrected chi connectivity index (χ4v) is 5.33. The van der Waals surface area contributed by atoms with Crippen LogP contribution >= 0.6 is 23.2 Å². The zero-order valence-electron chi connectivity index (χ0n) is 20.7. The van der Waals surface area contributed by atoms with E-state index in [-0.39, 0.29) is 6.10 Å². The first-order valence-electron chi connectivity index (χ1n) is 12.7. The van der Waals surface area contributed by atoms with Crippen LogP contribution in [0.1, 0.15) is 51.9 Å². The van der Waals surface area contributed by atoms with Crippen molar-refractivity contribution in [1.82, 2.24) is 15.3 Å². The molecule has 1 saturated carbocycles. The molecule has 192 valence electrons. The lowest BCUT2D eigenvalue weighted by Gasteiger charge is -2.32. The smallest absolute Gasteiger partial charge is 0.126 e. The van der Waals surface area contributed by atoms with Gasteiger partial charge in [0, 0.05) is 50.1 Å². The molecule has 2 aromatic heterocycles. The molecular formula is C26H37Cl2N5O2. The Morgan fingerprint density at radius 1 is 1.06 bits per heavy atom. The van der Waals surface area contributed by atoms with Crippen molar-refractivity contribution < 1.29 is 9.47 Å². The van der Waals surface area contributed by atoms with E-state index in [0.717, 1.165) is 75.5 Å². The fourth-order valence-electron chi connectivity index (χ4n) is 4.93. The number of pyridine rings is 2. The van der Waals surface area contributed by atoms with E-state index in [0.29, 0.717) is 33.9 Å². The van der Waals surface area contributed by atoms with Crippen molar-refractivity contribution in [2.45, 2.75) is 76.1 Å². The monoisotopic (exact) mass is 521 g/mol. The summed E-state index contributed by atoms with van der Waals surface area (Å²) in [6, 6.07) is 6.98. The van der Waals surface area contributed by atoms with E-state index >= 15 is 0 Å². The molecule has 2 aliphatic rings. The van der Waals surface area contributed by atoms with Crippen molar-refractivity contribution in [2.75, 3.05) is 37.5 Å². The van der Waals surface area contributed by atoms with Crippen LogP contribution in [-0.2, 0) is 9.47 Å². The standard InChI is InChI=1S/C26H37Cl2N5O2/c1-17(16-34-2)31-18-6-8-19(9-7-18)32-25-13-21(23(28)15-30-25)26-22(27)10-11-24(33-26)29-14-20-5-3-4-12-35-20/h10-11,13,15,17-20,31H,3-9,12,14,16H2,1-2H3,(H,29,33)(H,30,32)/t17-,18?,19?,20-/m1/s1. The van der Waals surface area contributed by atoms with Gasteiger partial charge in [0.25, 0.3) is 0 Å². The van der Waals surface area contributed by atoms with Crippen LogP contribution in [0.3, 0.4) is 0 Å². The van der Waals surface area contributed by atoms with Crippen LogP contribution in [0.2, 0.25) is 10.0 Å². The minimum absolute atomic E-state index is 0.221. The average Bonchev–Trinajstić information content (AvgIpc) is 2.87. The molecule has 0 amide bonds. The van der Waals surface area contributed by atoms with Crippen LogP contribution < -0.4 is 16.0 Å². The van der Waals surface area contributed by atoms with Gasteiger partial charge in [-0.05, 0) is 70.1 Å². The summed E-state index contributed by atoms with van der Waals surface area (Å²) in [6.45, 7) is 4.46. The average molecular weight is 523 g/mol. The molecule has 1 aliphatic carbocycles. The van der Waals surface area contributed by atoms with E-state index in [4.69, 9.17) is 37.7 Å². The van der Waals surface area contributed by atoms with Crippen LogP contribution in [0, 0.1) is 0 Å². The number of ether oxygens (including phenoxy) is 2. The maximum atomic E-state index is 6.55. The van der Waals surface area contributed by atoms with E-state index in [9.17, 15) is 0 Å². The van der Waals surface area contributed by atoms with Gasteiger partial charge in [-0.15, -0.1) is 0 Å². The summed E-state index contributed by atoms with van der Waals surface area (Å²) in [6.07, 6.45) is 9.73. The van der Waals surface area contributed by atoms with E-state index in [1.54, 1.807) is 13.3 Å². The van der Waals surface area contributed by atoms with Gasteiger partial charge < -0.3 is 25.4 Å². The van der Waals surface area contributed by atoms with Crippen LogP contribution in [-0.4, -0.2) is 61.1 Å². The minimum Gasteiger partial charge on any atom is -0.383 e. The maximum Gasteiger partial charge on any atom is 0.126 e. The molecule has 1 aliphatic heterocycles. The maximum absolute atomic E-state index is 6.55. The van der Waals surface area contributed by atoms with Crippen molar-refractivity contribution in [2.24, 2.45) is 0 Å². The highest BCUT2D eigenvalue weighted by molar-refractivity contribution is 6.36. The first kappa shape index (κ1) is 26.4. The number of nitrogens with zero attached hydrogens (tertiary/aromatic N) is 2. The molecule has 2 aromatic rings. The lowest BCUT2D eigenvalue weighted by Crippen LogP contribution is -2.42. The summed E-state index contributed by atoms with van der Waals surface area (Å²) >= 11 is 13.1. The topological polar surface area (TPSA) is 80.3 Å². The third-order valence-electron chi connectivity index (χ3n) is 6.76. The zero-order chi connectivity index (χ0) is 24.6. The third-order valence-corrected chi connectivity index (χ3v) is 7.36. The number of anilines is 2. The molecule has 2 atom stereocenters. The Kier molecular flexibility index (Phi) is 9.86. The molecule has 0 spiro atoms. The number of nitrogens with one attached hydrogen (secondary N) is 3. The van der Waals surface area contributed by atoms with Crippen LogP contribution in [0.25, 0.3) is 11.3 Å². The highest BCUT2D eigenvalue weighted by Gasteiger charge is 2.23. The Labute approximate surface area is 218 Å². The van der Waals surface area contributed by atoms with Crippen LogP contribution in [0.15, 0.2) is 24.4 Å². The van der Waals surface area contributed by atoms with Gasteiger partial charge in [0.1, 0.15) is 11.6 Å². The number of methoxy groups -OCH3 is 1. The predicted molar refractivity (Wildman–Crippen MR) is 144 cm³/mol. The molecular weight excluding hydrogens is 485 g/mol. The zero-order valence-corrected chi connectivity index (χ0v) is 22.2. The summed E-state index contributed by atoms with van der Waals surface area (Å²) < 4.78 is 11.1. The Hall–Kier alpha value is -1.64. The van der Waals surface area contributed by atoms with Gasteiger partial charge in [0.2, 0.25) is 0 Å². The van der Waals surface area contributed by atoms with Crippen LogP contribution in [0.4, 0.5) is 11.6 Å². The third kappa shape index (κ3) is 7.67. The highest BCUT2D eigenvalue weighted by atomic mass is 35.5. The van der Waals surface area contributed by atoms with Gasteiger partial charge in [0.05, 0.1) is 28.5 Å². The van der Waals surface area contributed by atoms with Crippen molar-refractivity contribution in [3.05, 3.63) is 34.4 Å². The summed E-state index contributed by atoms with van der Waals surface area (Å²) in [5.41, 5.74) is 1.42. The summed E-state index contributed by atoms with van der Waals surface area (Å²) in [4.78, 5) is 9.29. The molecule has 7 nitrogen and oxygen atoms in total. The molecule has 3 heterocycles. The summed E-state index contributed by atoms with van der Waals surface area (Å²) in [5, 5.41) is 11.7. The molecule has 0 unspecified atom stereocenters. The van der Waals surface area contributed by atoms with Gasteiger partial charge in [0.15, 0.2) is 0 Å². The lowest BCUT2D eigenvalue weighted by atomic mass is 9.90. The fraction of sp³-hybridized carbons (Fsp3) is 0.615. The van der Waals surface area contributed by atoms with Crippen molar-refractivity contribution in [3.63, 3.8) is 0 Å². The van der Waals surface area contributed by atoms with E-state index < -0.39 is 0 Å². The number of hydrogen-bond donors (Lipinski definition) is 3. The quantitative estimate of drug-likeness (QED) is 0.365. The predicted octanol–water partition coefficient (Wildman–Crippen LogP) is 5.78. The molecule has 2 fully saturated rings. The first-order chi connectivity index (χ1) is 17.0. The molecule has 0 radical (unpaired) electrons. The highest BCUT2D eigenvalue weighted by Crippen LogP contribution is 2.34. The molecule has 0 bridgehead atoms. The second-order valence-corrected chi connectivity index (χ2v) is 10.5. The minimum atomic E-state index is 0.221. The number of aromatic nitrogens is 2. The number of rotatable bonds is 10. The van der Waals surface area contributed by atoms with Crippen molar-refractivity contribution in [1.29, 1.82) is 0 Å². The molecule has 35 heavy (non-hydrogen) atoms. The molecule has 0 aromatic carbocycles. The SMILES string of the molecule is COC[C@@H](C)NC1CCC(Nc2cc(-c3nc(NC[C@H]4CCCCO4)ccc3Cl)c(Cl)cn2)CC1. The van der Waals surface area contributed by atoms with Gasteiger partial charge >= 0.3 is 0 Å². The Morgan fingerprint density at radius 2 is 1.86 bits per heavy atom. The molecule has 9 heteroatoms. The van der Waals surface area contributed by atoms with Crippen LogP contribution in [0.5, 0.6) is 0 Å². The van der Waals surface area contributed by atoms with E-state index in [1.165, 1.54) is 6.42 Å². The number of halogens is 2. The van der Waals surface area contributed by atoms with Crippen molar-refractivity contribution in [3.8, 4) is 11.3 Å². The van der Waals surface area contributed by atoms with Gasteiger partial charge in [-0.3, -0.25) is 0 Å². The first-order valence-corrected chi connectivity index (χ1v) is 13.5. The molecule has 1 saturated heterocycles. The Bertz CT molecular complexity index is 949. The van der Waals surface area contributed by atoms with Gasteiger partial charge in [-0.2, -0.15) is 0 Å². The summed E-state index contributed by atoms with van der Waals surface area (Å²) in [7, 11) is 1.74. The Morgan fingerprint density at radius 3 is 2.60 bits per heavy atom. The van der Waals surface area contributed by atoms with Gasteiger partial charge in [-0.1, -0.05) is 23.2 Å². The van der Waals surface area contributed by atoms with E-state index in [2.05, 4.69) is 27.9 Å². The largest absolute Gasteiger partial charge is 0.383 e. The molecule has 4 rings (SSSR count). The molecule has 3 N–H and O–H groups in total. The summed E-state index contributed by atoms with van der Waals surface area (Å²) in [5.74, 6) is 1.55.